The topological polar surface area (TPSA) is 101 Å². The van der Waals surface area contributed by atoms with Crippen LogP contribution >= 0.6 is 0 Å². The molecule has 0 amide bonds. The van der Waals surface area contributed by atoms with Crippen LogP contribution in [0.25, 0.3) is 78.2 Å². The SMILES string of the molecule is N=C(/N=C(/c1cccc(-c2cccc3c2oc2ccc(-c4nc(-c5ccccc5)nc(-c5ccccc5)n4)cc23)c1)c1cc2ccccc2o1)c1ccccc1. The van der Waals surface area contributed by atoms with Crippen molar-refractivity contribution in [3.05, 3.63) is 199 Å². The van der Waals surface area contributed by atoms with Gasteiger partial charge in [0.25, 0.3) is 0 Å². The molecular weight excluding hydrogens is 691 g/mol. The minimum Gasteiger partial charge on any atom is -0.455 e. The number of hydrogen-bond donors (Lipinski definition) is 1. The Bertz CT molecular complexity index is 3000. The Morgan fingerprint density at radius 2 is 1.05 bits per heavy atom. The average molecular weight is 722 g/mol. The Morgan fingerprint density at radius 3 is 1.77 bits per heavy atom. The van der Waals surface area contributed by atoms with Gasteiger partial charge in [-0.1, -0.05) is 146 Å². The summed E-state index contributed by atoms with van der Waals surface area (Å²) in [5.74, 6) is 2.53. The van der Waals surface area contributed by atoms with Crippen molar-refractivity contribution < 1.29 is 8.83 Å². The van der Waals surface area contributed by atoms with Crippen LogP contribution in [0.15, 0.2) is 196 Å². The summed E-state index contributed by atoms with van der Waals surface area (Å²) in [5, 5.41) is 11.8. The van der Waals surface area contributed by atoms with E-state index in [0.717, 1.165) is 66.3 Å². The maximum atomic E-state index is 8.91. The molecule has 3 heterocycles. The summed E-state index contributed by atoms with van der Waals surface area (Å²) in [5.41, 5.74) is 8.95. The normalized spacial score (nSPS) is 11.8. The van der Waals surface area contributed by atoms with E-state index in [0.29, 0.717) is 34.5 Å². The molecule has 0 saturated carbocycles. The molecule has 264 valence electrons. The second-order valence-corrected chi connectivity index (χ2v) is 13.4. The average Bonchev–Trinajstić information content (AvgIpc) is 3.88. The molecule has 0 spiro atoms. The number of rotatable bonds is 7. The van der Waals surface area contributed by atoms with Gasteiger partial charge in [-0.25, -0.2) is 19.9 Å². The summed E-state index contributed by atoms with van der Waals surface area (Å²) >= 11 is 0. The molecule has 3 aromatic heterocycles. The van der Waals surface area contributed by atoms with Gasteiger partial charge in [-0.2, -0.15) is 0 Å². The molecule has 1 N–H and O–H groups in total. The van der Waals surface area contributed by atoms with Gasteiger partial charge in [0.1, 0.15) is 22.5 Å². The first kappa shape index (κ1) is 32.8. The Balaban J connectivity index is 1.08. The minimum atomic E-state index is 0.145. The zero-order chi connectivity index (χ0) is 37.4. The van der Waals surface area contributed by atoms with E-state index in [2.05, 4.69) is 36.4 Å². The van der Waals surface area contributed by atoms with Gasteiger partial charge in [0, 0.05) is 49.5 Å². The molecule has 0 atom stereocenters. The van der Waals surface area contributed by atoms with Crippen molar-refractivity contribution >= 4 is 44.5 Å². The smallest absolute Gasteiger partial charge is 0.164 e. The third-order valence-electron chi connectivity index (χ3n) is 9.83. The maximum absolute atomic E-state index is 8.91. The summed E-state index contributed by atoms with van der Waals surface area (Å²) < 4.78 is 13.0. The lowest BCUT2D eigenvalue weighted by atomic mass is 9.98. The molecule has 0 aliphatic carbocycles. The van der Waals surface area contributed by atoms with Crippen LogP contribution in [0.1, 0.15) is 16.9 Å². The number of aliphatic imine (C=N–C) groups is 1. The van der Waals surface area contributed by atoms with Gasteiger partial charge in [-0.3, -0.25) is 5.41 Å². The van der Waals surface area contributed by atoms with Gasteiger partial charge in [0.15, 0.2) is 29.1 Å². The number of benzene rings is 7. The van der Waals surface area contributed by atoms with Crippen LogP contribution in [0.5, 0.6) is 0 Å². The van der Waals surface area contributed by atoms with Crippen LogP contribution in [0.3, 0.4) is 0 Å². The van der Waals surface area contributed by atoms with Crippen molar-refractivity contribution in [2.45, 2.75) is 0 Å². The molecule has 0 fully saturated rings. The van der Waals surface area contributed by atoms with Crippen LogP contribution in [-0.2, 0) is 0 Å². The van der Waals surface area contributed by atoms with Crippen LogP contribution in [0, 0.1) is 5.41 Å². The highest BCUT2D eigenvalue weighted by Gasteiger charge is 2.19. The fraction of sp³-hybridized carbons (Fsp3) is 0. The minimum absolute atomic E-state index is 0.145. The highest BCUT2D eigenvalue weighted by molar-refractivity contribution is 6.19. The van der Waals surface area contributed by atoms with E-state index in [1.807, 2.05) is 146 Å². The number of nitrogens with zero attached hydrogens (tertiary/aromatic N) is 4. The summed E-state index contributed by atoms with van der Waals surface area (Å²) in [6.45, 7) is 0. The van der Waals surface area contributed by atoms with Crippen molar-refractivity contribution in [1.29, 1.82) is 5.41 Å². The zero-order valence-electron chi connectivity index (χ0n) is 29.9. The number of nitrogens with one attached hydrogen (secondary N) is 1. The maximum Gasteiger partial charge on any atom is 0.164 e. The molecule has 10 rings (SSSR count). The Kier molecular flexibility index (Phi) is 8.15. The number of furan rings is 2. The van der Waals surface area contributed by atoms with Crippen LogP contribution < -0.4 is 0 Å². The van der Waals surface area contributed by atoms with Crippen LogP contribution in [0.4, 0.5) is 0 Å². The second kappa shape index (κ2) is 13.9. The van der Waals surface area contributed by atoms with Crippen molar-refractivity contribution in [3.63, 3.8) is 0 Å². The van der Waals surface area contributed by atoms with Crippen molar-refractivity contribution in [2.75, 3.05) is 0 Å². The second-order valence-electron chi connectivity index (χ2n) is 13.4. The van der Waals surface area contributed by atoms with Crippen molar-refractivity contribution in [1.82, 2.24) is 15.0 Å². The van der Waals surface area contributed by atoms with Gasteiger partial charge in [-0.15, -0.1) is 0 Å². The third kappa shape index (κ3) is 6.13. The lowest BCUT2D eigenvalue weighted by molar-refractivity contribution is 0.605. The molecule has 7 nitrogen and oxygen atoms in total. The largest absolute Gasteiger partial charge is 0.455 e. The van der Waals surface area contributed by atoms with Crippen molar-refractivity contribution in [3.8, 4) is 45.3 Å². The van der Waals surface area contributed by atoms with E-state index in [1.54, 1.807) is 0 Å². The van der Waals surface area contributed by atoms with E-state index < -0.39 is 0 Å². The number of amidine groups is 1. The number of hydrogen-bond acceptors (Lipinski definition) is 6. The van der Waals surface area contributed by atoms with Crippen LogP contribution in [0.2, 0.25) is 0 Å². The van der Waals surface area contributed by atoms with Gasteiger partial charge in [-0.05, 0) is 42.0 Å². The quantitative estimate of drug-likeness (QED) is 0.130. The molecule has 7 heteroatoms. The number of fused-ring (bicyclic) bond motifs is 4. The Morgan fingerprint density at radius 1 is 0.446 bits per heavy atom. The fourth-order valence-electron chi connectivity index (χ4n) is 7.07. The van der Waals surface area contributed by atoms with E-state index in [4.69, 9.17) is 34.2 Å². The van der Waals surface area contributed by atoms with Gasteiger partial charge in [0.05, 0.1) is 0 Å². The van der Waals surface area contributed by atoms with Crippen molar-refractivity contribution in [2.24, 2.45) is 4.99 Å². The highest BCUT2D eigenvalue weighted by atomic mass is 16.3. The first-order valence-corrected chi connectivity index (χ1v) is 18.3. The predicted molar refractivity (Wildman–Crippen MR) is 224 cm³/mol. The van der Waals surface area contributed by atoms with E-state index in [1.165, 1.54) is 0 Å². The number of aromatic nitrogens is 3. The standard InChI is InChI=1S/C49H31N5O2/c50-46(31-14-4-1-5-15-31)51-44(43-30-35-20-10-11-25-41(35)55-43)36-22-12-21-34(28-36)38-23-13-24-39-40-29-37(26-27-42(40)56-45(38)39)49-53-47(32-16-6-2-7-17-32)52-48(54-49)33-18-8-3-9-19-33/h1-30,50H/b50-46?,51-44-. The predicted octanol–water partition coefficient (Wildman–Crippen LogP) is 12.0. The molecule has 0 bridgehead atoms. The Hall–Kier alpha value is -7.77. The first-order valence-electron chi connectivity index (χ1n) is 18.3. The molecule has 0 aliphatic heterocycles. The fourth-order valence-corrected chi connectivity index (χ4v) is 7.07. The van der Waals surface area contributed by atoms with Crippen LogP contribution in [-0.4, -0.2) is 26.5 Å². The number of para-hydroxylation sites is 2. The van der Waals surface area contributed by atoms with Gasteiger partial charge >= 0.3 is 0 Å². The molecule has 0 radical (unpaired) electrons. The molecule has 0 unspecified atom stereocenters. The van der Waals surface area contributed by atoms with E-state index in [-0.39, 0.29) is 5.84 Å². The zero-order valence-corrected chi connectivity index (χ0v) is 29.9. The Labute approximate surface area is 321 Å². The summed E-state index contributed by atoms with van der Waals surface area (Å²) in [6.07, 6.45) is 0. The van der Waals surface area contributed by atoms with Gasteiger partial charge < -0.3 is 8.83 Å². The third-order valence-corrected chi connectivity index (χ3v) is 9.83. The van der Waals surface area contributed by atoms with E-state index in [9.17, 15) is 0 Å². The molecule has 0 saturated heterocycles. The monoisotopic (exact) mass is 721 g/mol. The summed E-state index contributed by atoms with van der Waals surface area (Å²) in [4.78, 5) is 19.6. The lowest BCUT2D eigenvalue weighted by Crippen LogP contribution is -2.07. The highest BCUT2D eigenvalue weighted by Crippen LogP contribution is 2.38. The summed E-state index contributed by atoms with van der Waals surface area (Å²) in [7, 11) is 0. The molecule has 56 heavy (non-hydrogen) atoms. The first-order chi connectivity index (χ1) is 27.6. The molecular formula is C49H31N5O2. The lowest BCUT2D eigenvalue weighted by Gasteiger charge is -2.09. The molecule has 7 aromatic carbocycles. The molecule has 0 aliphatic rings. The van der Waals surface area contributed by atoms with Gasteiger partial charge in [0.2, 0.25) is 0 Å². The summed E-state index contributed by atoms with van der Waals surface area (Å²) in [6, 6.07) is 59.8. The molecule has 10 aromatic rings. The van der Waals surface area contributed by atoms with E-state index >= 15 is 0 Å².